The van der Waals surface area contributed by atoms with Gasteiger partial charge in [0, 0.05) is 49.7 Å². The fraction of sp³-hybridized carbons (Fsp3) is 0.341. The van der Waals surface area contributed by atoms with Crippen LogP contribution in [0.4, 0.5) is 5.69 Å². The van der Waals surface area contributed by atoms with Gasteiger partial charge in [0.2, 0.25) is 0 Å². The maximum absolute atomic E-state index is 4.75. The Morgan fingerprint density at radius 1 is 0.617 bits per heavy atom. The zero-order valence-electron chi connectivity index (χ0n) is 29.7. The van der Waals surface area contributed by atoms with E-state index in [4.69, 9.17) is 4.98 Å². The second kappa shape index (κ2) is 13.9. The highest BCUT2D eigenvalue weighted by Gasteiger charge is 2.26. The Morgan fingerprint density at radius 2 is 1.21 bits per heavy atom. The van der Waals surface area contributed by atoms with Crippen LogP contribution in [0.2, 0.25) is 0 Å². The predicted octanol–water partition coefficient (Wildman–Crippen LogP) is 10.6. The summed E-state index contributed by atoms with van der Waals surface area (Å²) in [5, 5.41) is 0. The van der Waals surface area contributed by atoms with Gasteiger partial charge in [-0.05, 0) is 177 Å². The van der Waals surface area contributed by atoms with E-state index in [0.717, 1.165) is 44.7 Å². The van der Waals surface area contributed by atoms with E-state index >= 15 is 0 Å². The highest BCUT2D eigenvalue weighted by molar-refractivity contribution is 5.67. The van der Waals surface area contributed by atoms with E-state index in [0.29, 0.717) is 6.04 Å². The highest BCUT2D eigenvalue weighted by Crippen LogP contribution is 2.31. The summed E-state index contributed by atoms with van der Waals surface area (Å²) in [5.41, 5.74) is 19.7. The minimum atomic E-state index is 0.492. The molecular formula is C44H51N3. The first-order valence-electron chi connectivity index (χ1n) is 17.3. The molecule has 4 aromatic carbocycles. The van der Waals surface area contributed by atoms with Crippen LogP contribution in [0.3, 0.4) is 0 Å². The van der Waals surface area contributed by atoms with Crippen molar-refractivity contribution in [2.45, 2.75) is 87.4 Å². The van der Waals surface area contributed by atoms with Crippen molar-refractivity contribution in [3.05, 3.63) is 141 Å². The van der Waals surface area contributed by atoms with Crippen LogP contribution in [0.1, 0.15) is 68.5 Å². The SMILES string of the molecule is Cc1cc(C)cc(N(Cc2cccc(-c3cc(C)c(C)c(C)c3)c2)C2CCN(Cc3ccnc(-c4cc(C)c(C)c(C)c4)c3)CC2)c1. The molecular weight excluding hydrogens is 571 g/mol. The fourth-order valence-corrected chi connectivity index (χ4v) is 7.36. The molecule has 0 atom stereocenters. The number of rotatable bonds is 8. The molecule has 5 aromatic rings. The van der Waals surface area contributed by atoms with Crippen LogP contribution >= 0.6 is 0 Å². The number of piperidine rings is 1. The lowest BCUT2D eigenvalue weighted by Crippen LogP contribution is -2.44. The number of benzene rings is 4. The smallest absolute Gasteiger partial charge is 0.0705 e. The lowest BCUT2D eigenvalue weighted by Gasteiger charge is -2.40. The van der Waals surface area contributed by atoms with Crippen molar-refractivity contribution >= 4 is 5.69 Å². The van der Waals surface area contributed by atoms with Gasteiger partial charge in [0.1, 0.15) is 0 Å². The number of likely N-dealkylation sites (tertiary alicyclic amines) is 1. The average Bonchev–Trinajstić information content (AvgIpc) is 3.05. The molecule has 1 aliphatic rings. The summed E-state index contributed by atoms with van der Waals surface area (Å²) in [5.74, 6) is 0. The Kier molecular flexibility index (Phi) is 9.66. The minimum Gasteiger partial charge on any atom is -0.364 e. The molecule has 242 valence electrons. The van der Waals surface area contributed by atoms with Gasteiger partial charge in [0.25, 0.3) is 0 Å². The van der Waals surface area contributed by atoms with Crippen molar-refractivity contribution in [2.24, 2.45) is 0 Å². The Labute approximate surface area is 283 Å². The number of aryl methyl sites for hydroxylation is 6. The van der Waals surface area contributed by atoms with Crippen LogP contribution < -0.4 is 4.90 Å². The highest BCUT2D eigenvalue weighted by atomic mass is 15.2. The lowest BCUT2D eigenvalue weighted by atomic mass is 9.95. The summed E-state index contributed by atoms with van der Waals surface area (Å²) in [6.07, 6.45) is 4.28. The zero-order chi connectivity index (χ0) is 33.2. The second-order valence-electron chi connectivity index (χ2n) is 14.2. The molecule has 0 radical (unpaired) electrons. The molecule has 0 amide bonds. The van der Waals surface area contributed by atoms with Crippen LogP contribution in [0.5, 0.6) is 0 Å². The molecule has 1 fully saturated rings. The quantitative estimate of drug-likeness (QED) is 0.172. The maximum Gasteiger partial charge on any atom is 0.0705 e. The Bertz CT molecular complexity index is 1830. The number of aromatic nitrogens is 1. The van der Waals surface area contributed by atoms with Crippen molar-refractivity contribution in [3.63, 3.8) is 0 Å². The molecule has 6 rings (SSSR count). The van der Waals surface area contributed by atoms with Crippen molar-refractivity contribution < 1.29 is 0 Å². The summed E-state index contributed by atoms with van der Waals surface area (Å²) in [6, 6.07) is 30.5. The fourth-order valence-electron chi connectivity index (χ4n) is 7.36. The largest absolute Gasteiger partial charge is 0.364 e. The zero-order valence-corrected chi connectivity index (χ0v) is 29.7. The predicted molar refractivity (Wildman–Crippen MR) is 200 cm³/mol. The van der Waals surface area contributed by atoms with Gasteiger partial charge in [0.15, 0.2) is 0 Å². The number of hydrogen-bond donors (Lipinski definition) is 0. The first-order valence-corrected chi connectivity index (χ1v) is 17.3. The number of anilines is 1. The monoisotopic (exact) mass is 621 g/mol. The molecule has 1 aliphatic heterocycles. The first kappa shape index (κ1) is 32.7. The number of hydrogen-bond acceptors (Lipinski definition) is 3. The van der Waals surface area contributed by atoms with E-state index in [9.17, 15) is 0 Å². The Balaban J connectivity index is 1.20. The van der Waals surface area contributed by atoms with E-state index in [1.165, 1.54) is 78.0 Å². The van der Waals surface area contributed by atoms with Gasteiger partial charge in [-0.15, -0.1) is 0 Å². The molecule has 2 heterocycles. The van der Waals surface area contributed by atoms with E-state index < -0.39 is 0 Å². The molecule has 0 bridgehead atoms. The van der Waals surface area contributed by atoms with Gasteiger partial charge in [-0.1, -0.05) is 36.4 Å². The summed E-state index contributed by atoms with van der Waals surface area (Å²) in [4.78, 5) is 10.1. The first-order chi connectivity index (χ1) is 22.5. The summed E-state index contributed by atoms with van der Waals surface area (Å²) in [7, 11) is 0. The van der Waals surface area contributed by atoms with Crippen LogP contribution in [0, 0.1) is 55.4 Å². The third kappa shape index (κ3) is 7.52. The van der Waals surface area contributed by atoms with Crippen molar-refractivity contribution in [1.82, 2.24) is 9.88 Å². The van der Waals surface area contributed by atoms with Gasteiger partial charge < -0.3 is 4.90 Å². The van der Waals surface area contributed by atoms with E-state index in [1.54, 1.807) is 0 Å². The molecule has 3 heteroatoms. The van der Waals surface area contributed by atoms with Crippen molar-refractivity contribution in [3.8, 4) is 22.4 Å². The molecule has 0 saturated carbocycles. The van der Waals surface area contributed by atoms with E-state index in [2.05, 4.69) is 144 Å². The van der Waals surface area contributed by atoms with Gasteiger partial charge in [-0.25, -0.2) is 0 Å². The van der Waals surface area contributed by atoms with E-state index in [-0.39, 0.29) is 0 Å². The molecule has 1 aromatic heterocycles. The lowest BCUT2D eigenvalue weighted by molar-refractivity contribution is 0.201. The van der Waals surface area contributed by atoms with Crippen LogP contribution in [-0.4, -0.2) is 29.0 Å². The third-order valence-electron chi connectivity index (χ3n) is 10.5. The van der Waals surface area contributed by atoms with Crippen LogP contribution in [0.15, 0.2) is 85.1 Å². The molecule has 1 saturated heterocycles. The maximum atomic E-state index is 4.75. The van der Waals surface area contributed by atoms with Gasteiger partial charge in [0.05, 0.1) is 5.69 Å². The average molecular weight is 622 g/mol. The van der Waals surface area contributed by atoms with E-state index in [1.807, 2.05) is 6.20 Å². The summed E-state index contributed by atoms with van der Waals surface area (Å²) >= 11 is 0. The van der Waals surface area contributed by atoms with Crippen molar-refractivity contribution in [1.29, 1.82) is 0 Å². The normalized spacial score (nSPS) is 14.0. The molecule has 0 aliphatic carbocycles. The van der Waals surface area contributed by atoms with Crippen LogP contribution in [0.25, 0.3) is 22.4 Å². The number of pyridine rings is 1. The Hall–Kier alpha value is -4.21. The van der Waals surface area contributed by atoms with Crippen molar-refractivity contribution in [2.75, 3.05) is 18.0 Å². The summed E-state index contributed by atoms with van der Waals surface area (Å²) < 4.78 is 0. The minimum absolute atomic E-state index is 0.492. The van der Waals surface area contributed by atoms with Gasteiger partial charge in [-0.3, -0.25) is 9.88 Å². The summed E-state index contributed by atoms with van der Waals surface area (Å²) in [6.45, 7) is 21.8. The number of nitrogens with zero attached hydrogens (tertiary/aromatic N) is 3. The molecule has 0 N–H and O–H groups in total. The topological polar surface area (TPSA) is 19.4 Å². The second-order valence-corrected chi connectivity index (χ2v) is 14.2. The van der Waals surface area contributed by atoms with Gasteiger partial charge in [-0.2, -0.15) is 0 Å². The molecule has 47 heavy (non-hydrogen) atoms. The molecule has 0 unspecified atom stereocenters. The molecule has 0 spiro atoms. The van der Waals surface area contributed by atoms with Gasteiger partial charge >= 0.3 is 0 Å². The molecule has 3 nitrogen and oxygen atoms in total. The Morgan fingerprint density at radius 3 is 1.83 bits per heavy atom. The van der Waals surface area contributed by atoms with Crippen LogP contribution in [-0.2, 0) is 13.1 Å². The standard InChI is InChI=1S/C44H51N3/c1-29-18-30(2)20-43(19-29)47(28-37-10-9-11-39(25-37)40-21-31(3)35(7)32(4)22-40)42-13-16-46(17-14-42)27-38-12-15-45-44(26-38)41-23-33(5)36(8)34(6)24-41/h9-12,15,18-26,42H,13-14,16-17,27-28H2,1-8H3. The third-order valence-corrected chi connectivity index (χ3v) is 10.5.